The minimum atomic E-state index is -4.32. The summed E-state index contributed by atoms with van der Waals surface area (Å²) < 4.78 is 69.8. The van der Waals surface area contributed by atoms with Crippen molar-refractivity contribution in [2.45, 2.75) is 37.6 Å². The number of aryl methyl sites for hydroxylation is 1. The summed E-state index contributed by atoms with van der Waals surface area (Å²) in [5.41, 5.74) is 2.74. The fraction of sp³-hybridized carbons (Fsp3) is 0.296. The van der Waals surface area contributed by atoms with E-state index < -0.39 is 31.7 Å². The molecule has 0 radical (unpaired) electrons. The quantitative estimate of drug-likeness (QED) is 0.127. The van der Waals surface area contributed by atoms with Crippen molar-refractivity contribution in [3.8, 4) is 0 Å². The molecule has 1 aliphatic heterocycles. The summed E-state index contributed by atoms with van der Waals surface area (Å²) in [6, 6.07) is 11.1. The highest BCUT2D eigenvalue weighted by atomic mass is 35.5. The first-order chi connectivity index (χ1) is 19.3. The Labute approximate surface area is 258 Å². The minimum Gasteiger partial charge on any atom is -0.748 e. The van der Waals surface area contributed by atoms with Crippen molar-refractivity contribution in [2.75, 3.05) is 23.0 Å². The van der Waals surface area contributed by atoms with Gasteiger partial charge < -0.3 is 14.0 Å². The molecule has 0 saturated heterocycles. The van der Waals surface area contributed by atoms with Crippen molar-refractivity contribution in [1.29, 1.82) is 0 Å². The molecule has 0 aliphatic carbocycles. The summed E-state index contributed by atoms with van der Waals surface area (Å²) in [5.74, 6) is -0.894. The van der Waals surface area contributed by atoms with Crippen LogP contribution >= 0.6 is 46.3 Å². The Balaban J connectivity index is 1.61. The van der Waals surface area contributed by atoms with Crippen molar-refractivity contribution < 1.29 is 30.5 Å². The van der Waals surface area contributed by atoms with Crippen molar-refractivity contribution in [2.24, 2.45) is 0 Å². The van der Waals surface area contributed by atoms with Gasteiger partial charge in [-0.15, -0.1) is 0 Å². The third-order valence-electron chi connectivity index (χ3n) is 6.23. The molecule has 8 nitrogen and oxygen atoms in total. The number of allylic oxidation sites excluding steroid dienone is 4. The molecule has 0 bridgehead atoms. The second-order valence-electron chi connectivity index (χ2n) is 9.23. The average Bonchev–Trinajstić information content (AvgIpc) is 3.40. The maximum Gasteiger partial charge on any atom is 0.262 e. The summed E-state index contributed by atoms with van der Waals surface area (Å²) in [6.45, 7) is 2.73. The van der Waals surface area contributed by atoms with E-state index in [1.807, 2.05) is 65.0 Å². The van der Waals surface area contributed by atoms with Gasteiger partial charge in [0.05, 0.1) is 31.0 Å². The van der Waals surface area contributed by atoms with Crippen LogP contribution in [-0.4, -0.2) is 44.0 Å². The molecule has 0 fully saturated rings. The second kappa shape index (κ2) is 13.6. The lowest BCUT2D eigenvalue weighted by molar-refractivity contribution is -0.668. The van der Waals surface area contributed by atoms with Gasteiger partial charge >= 0.3 is 0 Å². The molecule has 1 aliphatic rings. The molecule has 0 amide bonds. The first kappa shape index (κ1) is 32.0. The average molecular weight is 675 g/mol. The van der Waals surface area contributed by atoms with Crippen LogP contribution < -0.4 is 9.47 Å². The van der Waals surface area contributed by atoms with Crippen LogP contribution in [-0.2, 0) is 26.8 Å². The largest absolute Gasteiger partial charge is 0.748 e. The lowest BCUT2D eigenvalue weighted by Crippen LogP contribution is -2.36. The number of thiazole rings is 1. The maximum atomic E-state index is 11.1. The highest BCUT2D eigenvalue weighted by Crippen LogP contribution is 2.47. The number of aromatic nitrogens is 1. The molecule has 14 heteroatoms. The third-order valence-corrected chi connectivity index (χ3v) is 10.5. The highest BCUT2D eigenvalue weighted by molar-refractivity contribution is 8.03. The standard InChI is InChI=1S/C27H28Cl2N2O6S4/c1-2-19(5-11-26-30(13-3-15-40(32,33)34)22-17-20(28)7-9-24(22)38-26)6-12-27-31(14-4-16-41(35,36)37)23-18-21(29)8-10-25(23)39-27/h5-12,17-18H,2-4,13-16H2,1H3,(H-,32,33,34,35,36,37)/p-1. The van der Waals surface area contributed by atoms with E-state index in [0.717, 1.165) is 42.8 Å². The predicted molar refractivity (Wildman–Crippen MR) is 166 cm³/mol. The summed E-state index contributed by atoms with van der Waals surface area (Å²) in [5, 5.41) is 2.89. The van der Waals surface area contributed by atoms with Crippen LogP contribution in [0.2, 0.25) is 10.0 Å². The van der Waals surface area contributed by atoms with Gasteiger partial charge in [0.2, 0.25) is 5.52 Å². The Morgan fingerprint density at radius 3 is 2.39 bits per heavy atom. The first-order valence-corrected chi connectivity index (χ1v) is 18.2. The van der Waals surface area contributed by atoms with E-state index in [9.17, 15) is 25.9 Å². The van der Waals surface area contributed by atoms with E-state index in [4.69, 9.17) is 23.2 Å². The fourth-order valence-electron chi connectivity index (χ4n) is 4.30. The number of nitrogens with zero attached hydrogens (tertiary/aromatic N) is 2. The number of hydrogen-bond acceptors (Lipinski definition) is 9. The van der Waals surface area contributed by atoms with Gasteiger partial charge in [0.1, 0.15) is 4.70 Å². The number of benzene rings is 2. The Hall–Kier alpha value is -1.90. The van der Waals surface area contributed by atoms with E-state index in [1.165, 1.54) is 23.1 Å². The molecule has 41 heavy (non-hydrogen) atoms. The van der Waals surface area contributed by atoms with Crippen LogP contribution in [0.15, 0.2) is 70.1 Å². The zero-order valence-corrected chi connectivity index (χ0v) is 26.7. The number of rotatable bonds is 12. The van der Waals surface area contributed by atoms with Crippen LogP contribution in [0.1, 0.15) is 31.2 Å². The maximum absolute atomic E-state index is 11.1. The molecular weight excluding hydrogens is 647 g/mol. The lowest BCUT2D eigenvalue weighted by atomic mass is 10.1. The molecule has 220 valence electrons. The van der Waals surface area contributed by atoms with Crippen molar-refractivity contribution in [3.63, 3.8) is 0 Å². The van der Waals surface area contributed by atoms with E-state index >= 15 is 0 Å². The summed E-state index contributed by atoms with van der Waals surface area (Å²) in [6.07, 6.45) is 9.00. The Kier molecular flexibility index (Phi) is 10.6. The fourth-order valence-corrected chi connectivity index (χ4v) is 7.74. The molecule has 1 aromatic heterocycles. The van der Waals surface area contributed by atoms with Crippen LogP contribution in [0.3, 0.4) is 0 Å². The number of halogens is 2. The van der Waals surface area contributed by atoms with Gasteiger partial charge in [0.15, 0.2) is 6.54 Å². The smallest absolute Gasteiger partial charge is 0.262 e. The zero-order valence-electron chi connectivity index (χ0n) is 22.0. The Morgan fingerprint density at radius 1 is 1.00 bits per heavy atom. The van der Waals surface area contributed by atoms with E-state index in [2.05, 4.69) is 0 Å². The number of thioether (sulfide) groups is 1. The van der Waals surface area contributed by atoms with Crippen LogP contribution in [0, 0.1) is 0 Å². The second-order valence-corrected chi connectivity index (χ2v) is 15.3. The van der Waals surface area contributed by atoms with Crippen molar-refractivity contribution >= 4 is 88.5 Å². The van der Waals surface area contributed by atoms with Crippen LogP contribution in [0.25, 0.3) is 16.3 Å². The monoisotopic (exact) mass is 673 g/mol. The van der Waals surface area contributed by atoms with Gasteiger partial charge in [0.25, 0.3) is 5.01 Å². The van der Waals surface area contributed by atoms with Gasteiger partial charge in [-0.25, -0.2) is 16.8 Å². The number of anilines is 1. The zero-order chi connectivity index (χ0) is 29.8. The molecule has 0 atom stereocenters. The van der Waals surface area contributed by atoms with Crippen LogP contribution in [0.5, 0.6) is 0 Å². The normalized spacial score (nSPS) is 15.5. The molecule has 2 aromatic carbocycles. The van der Waals surface area contributed by atoms with Crippen molar-refractivity contribution in [3.05, 3.63) is 80.3 Å². The molecule has 3 aromatic rings. The van der Waals surface area contributed by atoms with Gasteiger partial charge in [0, 0.05) is 51.6 Å². The molecule has 0 N–H and O–H groups in total. The first-order valence-electron chi connectivity index (χ1n) is 12.7. The van der Waals surface area contributed by atoms with Gasteiger partial charge in [-0.2, -0.15) is 4.57 Å². The molecule has 0 saturated carbocycles. The van der Waals surface area contributed by atoms with Crippen molar-refractivity contribution in [1.82, 2.24) is 0 Å². The van der Waals surface area contributed by atoms with E-state index in [-0.39, 0.29) is 12.8 Å². The Morgan fingerprint density at radius 2 is 1.68 bits per heavy atom. The molecular formula is C27H27Cl2N2O6S4-. The summed E-state index contributed by atoms with van der Waals surface area (Å²) >= 11 is 15.5. The SMILES string of the molecule is CCC(/C=C/c1sc2ccc(Cl)cc2[n+]1CCCS(=O)(=O)[O-])=C\C=C1/Sc2ccc(Cl)cc2N1CCCS(=O)(=O)[O-]. The van der Waals surface area contributed by atoms with Crippen LogP contribution in [0.4, 0.5) is 5.69 Å². The van der Waals surface area contributed by atoms with Gasteiger partial charge in [-0.05, 0) is 54.8 Å². The summed E-state index contributed by atoms with van der Waals surface area (Å²) in [4.78, 5) is 2.95. The molecule has 0 unspecified atom stereocenters. The van der Waals surface area contributed by atoms with Gasteiger partial charge in [-0.1, -0.05) is 65.4 Å². The molecule has 2 heterocycles. The highest BCUT2D eigenvalue weighted by Gasteiger charge is 2.25. The molecule has 0 spiro atoms. The third kappa shape index (κ3) is 9.04. The molecule has 4 rings (SSSR count). The number of hydrogen-bond donors (Lipinski definition) is 0. The predicted octanol–water partition coefficient (Wildman–Crippen LogP) is 6.17. The van der Waals surface area contributed by atoms with Gasteiger partial charge in [-0.3, -0.25) is 0 Å². The topological polar surface area (TPSA) is 122 Å². The van der Waals surface area contributed by atoms with E-state index in [1.54, 1.807) is 12.1 Å². The summed E-state index contributed by atoms with van der Waals surface area (Å²) in [7, 11) is -8.63. The minimum absolute atomic E-state index is 0.184. The van der Waals surface area contributed by atoms with E-state index in [0.29, 0.717) is 23.1 Å². The number of fused-ring (bicyclic) bond motifs is 2. The lowest BCUT2D eigenvalue weighted by Gasteiger charge is -2.21. The Bertz CT molecular complexity index is 1750.